The number of nitrogens with two attached hydrogens (primary N) is 1. The van der Waals surface area contributed by atoms with E-state index >= 15 is 0 Å². The molecule has 0 unspecified atom stereocenters. The average molecular weight is 299 g/mol. The molecule has 1 aromatic heterocycles. The first-order valence-electron chi connectivity index (χ1n) is 6.79. The normalized spacial score (nSPS) is 11.0. The van der Waals surface area contributed by atoms with Crippen molar-refractivity contribution in [3.05, 3.63) is 48.0 Å². The van der Waals surface area contributed by atoms with Crippen molar-refractivity contribution in [2.45, 2.75) is 16.5 Å². The van der Waals surface area contributed by atoms with Crippen LogP contribution in [0.25, 0.3) is 11.0 Å². The number of nitrogens with one attached hydrogen (secondary N) is 1. The summed E-state index contributed by atoms with van der Waals surface area (Å²) in [5.74, 6) is 0.828. The van der Waals surface area contributed by atoms with Gasteiger partial charge in [-0.15, -0.1) is 0 Å². The maximum absolute atomic E-state index is 5.56. The molecule has 2 aromatic carbocycles. The molecule has 0 aliphatic carbocycles. The van der Waals surface area contributed by atoms with Crippen molar-refractivity contribution in [2.24, 2.45) is 5.73 Å². The molecule has 0 bridgehead atoms. The Morgan fingerprint density at radius 1 is 1.19 bits per heavy atom. The van der Waals surface area contributed by atoms with Gasteiger partial charge in [0.25, 0.3) is 0 Å². The lowest BCUT2D eigenvalue weighted by atomic mass is 10.2. The van der Waals surface area contributed by atoms with Crippen molar-refractivity contribution < 1.29 is 4.74 Å². The minimum absolute atomic E-state index is 0.678. The molecule has 4 nitrogen and oxygen atoms in total. The van der Waals surface area contributed by atoms with Crippen molar-refractivity contribution in [1.82, 2.24) is 9.97 Å². The fourth-order valence-corrected chi connectivity index (χ4v) is 2.94. The lowest BCUT2D eigenvalue weighted by Crippen LogP contribution is -2.02. The molecule has 0 spiro atoms. The molecule has 0 amide bonds. The number of aromatic amines is 1. The molecule has 3 aromatic rings. The number of nitrogens with zero attached hydrogens (tertiary/aromatic N) is 1. The third-order valence-electron chi connectivity index (χ3n) is 3.24. The molecule has 3 rings (SSSR count). The highest BCUT2D eigenvalue weighted by Gasteiger charge is 2.06. The van der Waals surface area contributed by atoms with E-state index in [0.717, 1.165) is 33.3 Å². The van der Waals surface area contributed by atoms with Gasteiger partial charge in [-0.05, 0) is 42.8 Å². The fraction of sp³-hybridized carbons (Fsp3) is 0.188. The molecule has 3 N–H and O–H groups in total. The number of aromatic nitrogens is 2. The molecule has 0 saturated carbocycles. The van der Waals surface area contributed by atoms with E-state index in [1.54, 1.807) is 18.9 Å². The second-order valence-electron chi connectivity index (χ2n) is 4.71. The highest BCUT2D eigenvalue weighted by Crippen LogP contribution is 2.28. The molecule has 0 radical (unpaired) electrons. The van der Waals surface area contributed by atoms with Crippen molar-refractivity contribution >= 4 is 22.8 Å². The van der Waals surface area contributed by atoms with Crippen LogP contribution in [0, 0.1) is 0 Å². The maximum Gasteiger partial charge on any atom is 0.171 e. The number of rotatable bonds is 5. The Morgan fingerprint density at radius 2 is 2.00 bits per heavy atom. The summed E-state index contributed by atoms with van der Waals surface area (Å²) >= 11 is 1.61. The Balaban J connectivity index is 1.80. The average Bonchev–Trinajstić information content (AvgIpc) is 2.90. The molecule has 0 aliphatic heterocycles. The number of H-pyrrole nitrogens is 1. The summed E-state index contributed by atoms with van der Waals surface area (Å²) in [7, 11) is 1.66. The highest BCUT2D eigenvalue weighted by atomic mass is 32.2. The van der Waals surface area contributed by atoms with Gasteiger partial charge in [-0.25, -0.2) is 4.98 Å². The number of benzene rings is 2. The summed E-state index contributed by atoms with van der Waals surface area (Å²) in [5, 5.41) is 0.879. The predicted molar refractivity (Wildman–Crippen MR) is 86.0 cm³/mol. The van der Waals surface area contributed by atoms with E-state index in [0.29, 0.717) is 6.54 Å². The summed E-state index contributed by atoms with van der Waals surface area (Å²) in [4.78, 5) is 9.04. The molecule has 0 atom stereocenters. The van der Waals surface area contributed by atoms with Crippen molar-refractivity contribution in [3.63, 3.8) is 0 Å². The number of imidazole rings is 1. The number of methoxy groups -OCH3 is 1. The quantitative estimate of drug-likeness (QED) is 0.759. The van der Waals surface area contributed by atoms with Crippen LogP contribution in [0.1, 0.15) is 5.56 Å². The van der Waals surface area contributed by atoms with Crippen LogP contribution in [0.5, 0.6) is 5.75 Å². The lowest BCUT2D eigenvalue weighted by molar-refractivity contribution is 0.415. The first-order valence-corrected chi connectivity index (χ1v) is 7.61. The highest BCUT2D eigenvalue weighted by molar-refractivity contribution is 7.99. The van der Waals surface area contributed by atoms with E-state index in [-0.39, 0.29) is 0 Å². The molecular formula is C16H17N3OS. The summed E-state index contributed by atoms with van der Waals surface area (Å²) in [6.07, 6.45) is 0.912. The number of hydrogen-bond acceptors (Lipinski definition) is 4. The van der Waals surface area contributed by atoms with Crippen LogP contribution in [-0.4, -0.2) is 23.6 Å². The van der Waals surface area contributed by atoms with Crippen LogP contribution in [-0.2, 0) is 6.42 Å². The van der Waals surface area contributed by atoms with E-state index in [1.807, 2.05) is 18.2 Å². The topological polar surface area (TPSA) is 63.9 Å². The van der Waals surface area contributed by atoms with Crippen molar-refractivity contribution in [2.75, 3.05) is 13.7 Å². The van der Waals surface area contributed by atoms with Gasteiger partial charge >= 0.3 is 0 Å². The largest absolute Gasteiger partial charge is 0.497 e. The fourth-order valence-electron chi connectivity index (χ4n) is 2.14. The Labute approximate surface area is 127 Å². The van der Waals surface area contributed by atoms with E-state index in [4.69, 9.17) is 10.5 Å². The summed E-state index contributed by atoms with van der Waals surface area (Å²) < 4.78 is 5.22. The van der Waals surface area contributed by atoms with Crippen LogP contribution >= 0.6 is 11.8 Å². The van der Waals surface area contributed by atoms with Gasteiger partial charge in [0.2, 0.25) is 0 Å². The minimum atomic E-state index is 0.678. The second kappa shape index (κ2) is 6.20. The monoisotopic (exact) mass is 299 g/mol. The zero-order chi connectivity index (χ0) is 14.7. The van der Waals surface area contributed by atoms with Crippen molar-refractivity contribution in [1.29, 1.82) is 0 Å². The molecule has 0 saturated heterocycles. The Bertz CT molecular complexity index is 737. The summed E-state index contributed by atoms with van der Waals surface area (Å²) in [6.45, 7) is 0.678. The van der Waals surface area contributed by atoms with Gasteiger partial charge < -0.3 is 15.5 Å². The van der Waals surface area contributed by atoms with E-state index in [2.05, 4.69) is 34.2 Å². The number of fused-ring (bicyclic) bond motifs is 1. The van der Waals surface area contributed by atoms with Gasteiger partial charge in [-0.3, -0.25) is 0 Å². The third kappa shape index (κ3) is 3.20. The Morgan fingerprint density at radius 3 is 2.71 bits per heavy atom. The van der Waals surface area contributed by atoms with Crippen LogP contribution < -0.4 is 10.5 Å². The minimum Gasteiger partial charge on any atom is -0.497 e. The molecule has 5 heteroatoms. The number of ether oxygens (including phenoxy) is 1. The molecular weight excluding hydrogens is 282 g/mol. The van der Waals surface area contributed by atoms with Gasteiger partial charge in [-0.1, -0.05) is 23.9 Å². The van der Waals surface area contributed by atoms with Crippen LogP contribution in [0.15, 0.2) is 52.5 Å². The smallest absolute Gasteiger partial charge is 0.171 e. The van der Waals surface area contributed by atoms with Crippen molar-refractivity contribution in [3.8, 4) is 5.75 Å². The maximum atomic E-state index is 5.56. The second-order valence-corrected chi connectivity index (χ2v) is 5.77. The Kier molecular flexibility index (Phi) is 4.13. The van der Waals surface area contributed by atoms with Gasteiger partial charge in [0.05, 0.1) is 18.1 Å². The van der Waals surface area contributed by atoms with E-state index in [1.165, 1.54) is 5.56 Å². The molecule has 1 heterocycles. The zero-order valence-electron chi connectivity index (χ0n) is 11.8. The van der Waals surface area contributed by atoms with Crippen LogP contribution in [0.2, 0.25) is 0 Å². The zero-order valence-corrected chi connectivity index (χ0v) is 12.6. The number of hydrogen-bond donors (Lipinski definition) is 2. The van der Waals surface area contributed by atoms with E-state index < -0.39 is 0 Å². The summed E-state index contributed by atoms with van der Waals surface area (Å²) in [6, 6.07) is 14.3. The molecule has 108 valence electrons. The third-order valence-corrected chi connectivity index (χ3v) is 4.13. The molecule has 0 fully saturated rings. The van der Waals surface area contributed by atoms with E-state index in [9.17, 15) is 0 Å². The van der Waals surface area contributed by atoms with Gasteiger partial charge in [0, 0.05) is 11.0 Å². The lowest BCUT2D eigenvalue weighted by Gasteiger charge is -2.01. The standard InChI is InChI=1S/C16H17N3OS/c1-20-12-4-7-14-15(10-12)19-16(18-14)21-13-5-2-11(3-6-13)8-9-17/h2-7,10H,8-9,17H2,1H3,(H,18,19). The van der Waals surface area contributed by atoms with Gasteiger partial charge in [0.15, 0.2) is 5.16 Å². The summed E-state index contributed by atoms with van der Waals surface area (Å²) in [5.41, 5.74) is 8.74. The molecule has 0 aliphatic rings. The SMILES string of the molecule is COc1ccc2nc(Sc3ccc(CCN)cc3)[nH]c2c1. The Hall–Kier alpha value is -1.98. The van der Waals surface area contributed by atoms with Crippen LogP contribution in [0.4, 0.5) is 0 Å². The van der Waals surface area contributed by atoms with Crippen LogP contribution in [0.3, 0.4) is 0 Å². The predicted octanol–water partition coefficient (Wildman–Crippen LogP) is 3.22. The first-order chi connectivity index (χ1) is 10.3. The van der Waals surface area contributed by atoms with Gasteiger partial charge in [0.1, 0.15) is 5.75 Å². The molecule has 21 heavy (non-hydrogen) atoms. The van der Waals surface area contributed by atoms with Gasteiger partial charge in [-0.2, -0.15) is 0 Å². The first kappa shape index (κ1) is 14.0.